The Morgan fingerprint density at radius 2 is 1.78 bits per heavy atom. The van der Waals surface area contributed by atoms with E-state index in [2.05, 4.69) is 15.5 Å². The maximum atomic E-state index is 12.9. The highest BCUT2D eigenvalue weighted by Gasteiger charge is 2.27. The number of fused-ring (bicyclic) bond motifs is 1. The van der Waals surface area contributed by atoms with E-state index in [0.717, 1.165) is 16.8 Å². The van der Waals surface area contributed by atoms with Crippen molar-refractivity contribution in [2.45, 2.75) is 19.9 Å². The van der Waals surface area contributed by atoms with Crippen LogP contribution in [0.2, 0.25) is 0 Å². The molecule has 9 nitrogen and oxygen atoms in total. The molecule has 32 heavy (non-hydrogen) atoms. The van der Waals surface area contributed by atoms with Crippen molar-refractivity contribution >= 4 is 17.5 Å². The number of carbonyl (C=O) groups is 1. The van der Waals surface area contributed by atoms with Gasteiger partial charge in [-0.15, -0.1) is 10.2 Å². The van der Waals surface area contributed by atoms with Gasteiger partial charge in [0.05, 0.1) is 14.2 Å². The monoisotopic (exact) mass is 435 g/mol. The normalized spacial score (nSPS) is 12.4. The van der Waals surface area contributed by atoms with Crippen molar-refractivity contribution in [2.75, 3.05) is 32.2 Å². The second-order valence-electron chi connectivity index (χ2n) is 7.49. The largest absolute Gasteiger partial charge is 0.493 e. The Morgan fingerprint density at radius 1 is 1.03 bits per heavy atom. The van der Waals surface area contributed by atoms with Crippen LogP contribution in [-0.4, -0.2) is 48.0 Å². The first-order valence-electron chi connectivity index (χ1n) is 10.3. The van der Waals surface area contributed by atoms with E-state index < -0.39 is 11.5 Å². The zero-order chi connectivity index (χ0) is 22.7. The number of benzene rings is 2. The Hall–Kier alpha value is -3.88. The Kier molecular flexibility index (Phi) is 6.07. The number of nitrogens with zero attached hydrogens (tertiary/aromatic N) is 4. The number of aromatic nitrogens is 3. The van der Waals surface area contributed by atoms with Gasteiger partial charge in [0.2, 0.25) is 11.6 Å². The van der Waals surface area contributed by atoms with E-state index in [1.54, 1.807) is 14.2 Å². The van der Waals surface area contributed by atoms with Crippen LogP contribution in [-0.2, 0) is 13.0 Å². The van der Waals surface area contributed by atoms with E-state index in [1.165, 1.54) is 4.57 Å². The molecule has 3 aromatic rings. The molecule has 0 aliphatic carbocycles. The maximum absolute atomic E-state index is 12.9. The number of hydrogen-bond acceptors (Lipinski definition) is 7. The van der Waals surface area contributed by atoms with Gasteiger partial charge in [-0.3, -0.25) is 14.2 Å². The lowest BCUT2D eigenvalue weighted by atomic mass is 10.1. The van der Waals surface area contributed by atoms with E-state index in [9.17, 15) is 9.59 Å². The first-order valence-corrected chi connectivity index (χ1v) is 10.3. The lowest BCUT2D eigenvalue weighted by Crippen LogP contribution is -2.35. The average Bonchev–Trinajstić information content (AvgIpc) is 3.24. The van der Waals surface area contributed by atoms with Crippen molar-refractivity contribution in [3.05, 3.63) is 69.6 Å². The summed E-state index contributed by atoms with van der Waals surface area (Å²) in [6, 6.07) is 13.5. The van der Waals surface area contributed by atoms with Gasteiger partial charge in [0.25, 0.3) is 11.5 Å². The fourth-order valence-electron chi connectivity index (χ4n) is 3.66. The van der Waals surface area contributed by atoms with Gasteiger partial charge < -0.3 is 19.7 Å². The van der Waals surface area contributed by atoms with Crippen LogP contribution in [0.25, 0.3) is 0 Å². The molecule has 0 saturated carbocycles. The number of carbonyl (C=O) groups excluding carboxylic acids is 1. The molecule has 1 amide bonds. The number of amides is 1. The van der Waals surface area contributed by atoms with Crippen LogP contribution in [0.1, 0.15) is 21.6 Å². The number of ether oxygens (including phenoxy) is 2. The smallest absolute Gasteiger partial charge is 0.286 e. The Balaban J connectivity index is 1.44. The fraction of sp³-hybridized carbons (Fsp3) is 0.304. The van der Waals surface area contributed by atoms with Gasteiger partial charge in [-0.1, -0.05) is 23.8 Å². The van der Waals surface area contributed by atoms with Crippen LogP contribution >= 0.6 is 0 Å². The summed E-state index contributed by atoms with van der Waals surface area (Å²) < 4.78 is 12.0. The molecule has 2 heterocycles. The lowest BCUT2D eigenvalue weighted by Gasteiger charge is -2.16. The number of nitrogens with one attached hydrogen (secondary N) is 1. The molecule has 1 aromatic heterocycles. The number of methoxy groups -OCH3 is 2. The molecule has 4 rings (SSSR count). The Labute approximate surface area is 185 Å². The zero-order valence-electron chi connectivity index (χ0n) is 18.3. The second-order valence-corrected chi connectivity index (χ2v) is 7.49. The molecule has 0 radical (unpaired) electrons. The van der Waals surface area contributed by atoms with E-state index >= 15 is 0 Å². The van der Waals surface area contributed by atoms with E-state index in [-0.39, 0.29) is 5.69 Å². The van der Waals surface area contributed by atoms with Crippen LogP contribution in [0.5, 0.6) is 11.5 Å². The zero-order valence-corrected chi connectivity index (χ0v) is 18.3. The number of anilines is 2. The van der Waals surface area contributed by atoms with Crippen molar-refractivity contribution in [1.29, 1.82) is 0 Å². The maximum Gasteiger partial charge on any atom is 0.286 e. The summed E-state index contributed by atoms with van der Waals surface area (Å²) in [5.74, 6) is 1.17. The minimum atomic E-state index is -0.535. The molecule has 0 atom stereocenters. The number of hydrogen-bond donors (Lipinski definition) is 1. The third-order valence-corrected chi connectivity index (χ3v) is 5.43. The second kappa shape index (κ2) is 9.09. The number of rotatable bonds is 7. The number of aryl methyl sites for hydroxylation is 1. The topological polar surface area (TPSA) is 98.6 Å². The van der Waals surface area contributed by atoms with Crippen molar-refractivity contribution in [3.63, 3.8) is 0 Å². The quantitative estimate of drug-likeness (QED) is 0.607. The molecule has 0 bridgehead atoms. The van der Waals surface area contributed by atoms with Crippen LogP contribution in [0, 0.1) is 6.92 Å². The molecule has 0 saturated heterocycles. The first-order chi connectivity index (χ1) is 15.5. The van der Waals surface area contributed by atoms with Crippen molar-refractivity contribution < 1.29 is 14.3 Å². The predicted octanol–water partition coefficient (Wildman–Crippen LogP) is 2.09. The molecule has 0 spiro atoms. The van der Waals surface area contributed by atoms with Gasteiger partial charge in [0, 0.05) is 25.3 Å². The van der Waals surface area contributed by atoms with Gasteiger partial charge in [0.15, 0.2) is 11.5 Å². The van der Waals surface area contributed by atoms with Crippen molar-refractivity contribution in [3.8, 4) is 11.5 Å². The van der Waals surface area contributed by atoms with Crippen LogP contribution in [0.15, 0.2) is 47.3 Å². The standard InChI is InChI=1S/C23H25N5O4/c1-15-4-7-17(8-5-15)27-12-13-28-22(30)20(25-26-23(27)28)21(29)24-11-10-16-6-9-18(31-2)19(14-16)32-3/h4-9,14H,10-13H2,1-3H3,(H,24,29). The van der Waals surface area contributed by atoms with Crippen LogP contribution < -0.4 is 25.2 Å². The van der Waals surface area contributed by atoms with Gasteiger partial charge in [-0.05, 0) is 43.2 Å². The van der Waals surface area contributed by atoms with Gasteiger partial charge in [-0.25, -0.2) is 0 Å². The van der Waals surface area contributed by atoms with Gasteiger partial charge in [-0.2, -0.15) is 0 Å². The summed E-state index contributed by atoms with van der Waals surface area (Å²) in [5, 5.41) is 10.9. The molecular weight excluding hydrogens is 410 g/mol. The summed E-state index contributed by atoms with van der Waals surface area (Å²) >= 11 is 0. The molecule has 166 valence electrons. The molecular formula is C23H25N5O4. The highest BCUT2D eigenvalue weighted by Crippen LogP contribution is 2.28. The van der Waals surface area contributed by atoms with E-state index in [1.807, 2.05) is 54.3 Å². The molecule has 2 aromatic carbocycles. The highest BCUT2D eigenvalue weighted by molar-refractivity contribution is 5.91. The molecule has 1 N–H and O–H groups in total. The molecule has 0 fully saturated rings. The summed E-state index contributed by atoms with van der Waals surface area (Å²) in [5.41, 5.74) is 2.41. The molecule has 9 heteroatoms. The molecule has 1 aliphatic heterocycles. The lowest BCUT2D eigenvalue weighted by molar-refractivity contribution is 0.0945. The van der Waals surface area contributed by atoms with Crippen molar-refractivity contribution in [2.24, 2.45) is 0 Å². The fourth-order valence-corrected chi connectivity index (χ4v) is 3.66. The third kappa shape index (κ3) is 4.14. The highest BCUT2D eigenvalue weighted by atomic mass is 16.5. The van der Waals surface area contributed by atoms with Gasteiger partial charge >= 0.3 is 0 Å². The first kappa shape index (κ1) is 21.4. The van der Waals surface area contributed by atoms with E-state index in [4.69, 9.17) is 9.47 Å². The predicted molar refractivity (Wildman–Crippen MR) is 120 cm³/mol. The summed E-state index contributed by atoms with van der Waals surface area (Å²) in [7, 11) is 3.15. The van der Waals surface area contributed by atoms with Crippen LogP contribution in [0.4, 0.5) is 11.6 Å². The summed E-state index contributed by atoms with van der Waals surface area (Å²) in [4.78, 5) is 27.4. The van der Waals surface area contributed by atoms with Crippen molar-refractivity contribution in [1.82, 2.24) is 20.1 Å². The van der Waals surface area contributed by atoms with Crippen LogP contribution in [0.3, 0.4) is 0 Å². The Bertz CT molecular complexity index is 1190. The molecule has 0 unspecified atom stereocenters. The SMILES string of the molecule is COc1ccc(CCNC(=O)c2nnc3n(c2=O)CCN3c2ccc(C)cc2)cc1OC. The third-order valence-electron chi connectivity index (χ3n) is 5.43. The molecule has 1 aliphatic rings. The summed E-state index contributed by atoms with van der Waals surface area (Å²) in [6.07, 6.45) is 0.562. The average molecular weight is 435 g/mol. The van der Waals surface area contributed by atoms with Gasteiger partial charge in [0.1, 0.15) is 0 Å². The summed E-state index contributed by atoms with van der Waals surface area (Å²) in [6.45, 7) is 3.40. The van der Waals surface area contributed by atoms with E-state index in [0.29, 0.717) is 43.5 Å². The minimum absolute atomic E-state index is 0.202. The minimum Gasteiger partial charge on any atom is -0.493 e. The Morgan fingerprint density at radius 3 is 2.50 bits per heavy atom.